The molecule has 0 aliphatic carbocycles. The maximum atomic E-state index is 11.8. The summed E-state index contributed by atoms with van der Waals surface area (Å²) in [5.74, 6) is -0.0186. The van der Waals surface area contributed by atoms with E-state index in [2.05, 4.69) is 0 Å². The van der Waals surface area contributed by atoms with Crippen LogP contribution in [0.3, 0.4) is 0 Å². The molecule has 0 amide bonds. The maximum Gasteiger partial charge on any atom is 0.324 e. The molecule has 22 heavy (non-hydrogen) atoms. The molecule has 1 aromatic carbocycles. The first-order valence-corrected chi connectivity index (χ1v) is 7.96. The first-order valence-electron chi connectivity index (χ1n) is 7.58. The molecule has 0 radical (unpaired) electrons. The minimum Gasteiger partial charge on any atom is -0.489 e. The summed E-state index contributed by atoms with van der Waals surface area (Å²) in [6, 6.07) is 7.31. The highest BCUT2D eigenvalue weighted by Gasteiger charge is 2.48. The lowest BCUT2D eigenvalue weighted by molar-refractivity contribution is -0.158. The monoisotopic (exact) mass is 325 g/mol. The van der Waals surface area contributed by atoms with Crippen LogP contribution in [0.1, 0.15) is 19.3 Å². The Morgan fingerprint density at radius 1 is 1.41 bits per heavy atom. The third-order valence-corrected chi connectivity index (χ3v) is 4.80. The van der Waals surface area contributed by atoms with E-state index in [1.54, 1.807) is 12.1 Å². The van der Waals surface area contributed by atoms with Crippen molar-refractivity contribution in [2.45, 2.75) is 30.9 Å². The van der Waals surface area contributed by atoms with E-state index in [0.29, 0.717) is 37.6 Å². The Morgan fingerprint density at radius 3 is 2.86 bits per heavy atom. The maximum absolute atomic E-state index is 11.8. The highest BCUT2D eigenvalue weighted by atomic mass is 35.5. The molecule has 2 heterocycles. The number of nitrogens with zero attached hydrogens (tertiary/aromatic N) is 1. The molecule has 3 rings (SSSR count). The second-order valence-corrected chi connectivity index (χ2v) is 6.32. The van der Waals surface area contributed by atoms with Gasteiger partial charge in [0.25, 0.3) is 0 Å². The minimum atomic E-state index is -0.801. The third-order valence-electron chi connectivity index (χ3n) is 4.57. The molecule has 6 heteroatoms. The fraction of sp³-hybridized carbons (Fsp3) is 0.562. The molecule has 2 saturated heterocycles. The molecule has 0 saturated carbocycles. The van der Waals surface area contributed by atoms with E-state index in [1.807, 2.05) is 17.0 Å². The summed E-state index contributed by atoms with van der Waals surface area (Å²) in [7, 11) is 0. The lowest BCUT2D eigenvalue weighted by Gasteiger charge is -2.40. The lowest BCUT2D eigenvalue weighted by atomic mass is 9.88. The number of hydrogen-bond donors (Lipinski definition) is 1. The molecule has 2 aliphatic heterocycles. The van der Waals surface area contributed by atoms with E-state index in [4.69, 9.17) is 21.1 Å². The summed E-state index contributed by atoms with van der Waals surface area (Å²) in [5, 5.41) is 10.3. The second kappa shape index (κ2) is 6.44. The van der Waals surface area contributed by atoms with Gasteiger partial charge in [-0.05, 0) is 37.5 Å². The quantitative estimate of drug-likeness (QED) is 0.921. The highest BCUT2D eigenvalue weighted by Crippen LogP contribution is 2.33. The molecular formula is C16H20ClNO4. The van der Waals surface area contributed by atoms with Gasteiger partial charge in [-0.25, -0.2) is 0 Å². The van der Waals surface area contributed by atoms with Gasteiger partial charge < -0.3 is 14.6 Å². The summed E-state index contributed by atoms with van der Waals surface area (Å²) in [5.41, 5.74) is -0.801. The van der Waals surface area contributed by atoms with E-state index in [-0.39, 0.29) is 6.10 Å². The van der Waals surface area contributed by atoms with Crippen molar-refractivity contribution in [2.24, 2.45) is 0 Å². The Bertz CT molecular complexity index is 545. The molecule has 1 N–H and O–H groups in total. The molecule has 5 nitrogen and oxygen atoms in total. The number of aliphatic carboxylic acids is 1. The zero-order valence-corrected chi connectivity index (χ0v) is 13.1. The second-order valence-electron chi connectivity index (χ2n) is 5.88. The van der Waals surface area contributed by atoms with Crippen molar-refractivity contribution in [3.05, 3.63) is 29.3 Å². The normalized spacial score (nSPS) is 25.0. The predicted molar refractivity (Wildman–Crippen MR) is 82.5 cm³/mol. The first kappa shape index (κ1) is 15.6. The van der Waals surface area contributed by atoms with Crippen LogP contribution in [0.15, 0.2) is 24.3 Å². The molecule has 0 unspecified atom stereocenters. The average Bonchev–Trinajstić information content (AvgIpc) is 2.97. The van der Waals surface area contributed by atoms with E-state index >= 15 is 0 Å². The van der Waals surface area contributed by atoms with Crippen molar-refractivity contribution >= 4 is 17.6 Å². The molecule has 2 aliphatic rings. The van der Waals surface area contributed by atoms with Gasteiger partial charge in [0.05, 0.1) is 0 Å². The van der Waals surface area contributed by atoms with Crippen LogP contribution in [0.5, 0.6) is 5.75 Å². The Morgan fingerprint density at radius 2 is 2.18 bits per heavy atom. The summed E-state index contributed by atoms with van der Waals surface area (Å²) in [6.45, 7) is 2.36. The van der Waals surface area contributed by atoms with Crippen molar-refractivity contribution < 1.29 is 19.4 Å². The third kappa shape index (κ3) is 3.07. The number of likely N-dealkylation sites (tertiary alicyclic amines) is 1. The Hall–Kier alpha value is -1.30. The van der Waals surface area contributed by atoms with E-state index < -0.39 is 11.5 Å². The smallest absolute Gasteiger partial charge is 0.324 e. The Labute approximate surface area is 134 Å². The van der Waals surface area contributed by atoms with Crippen molar-refractivity contribution in [1.82, 2.24) is 4.90 Å². The van der Waals surface area contributed by atoms with Crippen LogP contribution in [0.4, 0.5) is 0 Å². The lowest BCUT2D eigenvalue weighted by Crippen LogP contribution is -2.57. The van der Waals surface area contributed by atoms with Gasteiger partial charge in [0, 0.05) is 31.3 Å². The number of hydrogen-bond acceptors (Lipinski definition) is 4. The van der Waals surface area contributed by atoms with Gasteiger partial charge in [0.15, 0.2) is 0 Å². The number of carboxylic acids is 1. The number of carbonyl (C=O) groups is 1. The van der Waals surface area contributed by atoms with Gasteiger partial charge in [-0.15, -0.1) is 0 Å². The fourth-order valence-corrected chi connectivity index (χ4v) is 3.50. The molecule has 0 spiro atoms. The zero-order chi connectivity index (χ0) is 15.6. The van der Waals surface area contributed by atoms with Crippen LogP contribution in [-0.4, -0.2) is 53.9 Å². The van der Waals surface area contributed by atoms with Gasteiger partial charge >= 0.3 is 5.97 Å². The predicted octanol–water partition coefficient (Wildman–Crippen LogP) is 2.43. The minimum absolute atomic E-state index is 0.00228. The Balaban J connectivity index is 1.67. The highest BCUT2D eigenvalue weighted by molar-refractivity contribution is 6.30. The van der Waals surface area contributed by atoms with Crippen molar-refractivity contribution in [1.29, 1.82) is 0 Å². The van der Waals surface area contributed by atoms with Crippen LogP contribution in [0.25, 0.3) is 0 Å². The summed E-state index contributed by atoms with van der Waals surface area (Å²) < 4.78 is 11.3. The SMILES string of the molecule is O=C(O)C1(N2CC[C@@H](Oc3cccc(Cl)c3)C2)CCOCC1. The summed E-state index contributed by atoms with van der Waals surface area (Å²) in [4.78, 5) is 13.9. The van der Waals surface area contributed by atoms with Crippen LogP contribution in [0, 0.1) is 0 Å². The topological polar surface area (TPSA) is 59.0 Å². The number of rotatable bonds is 4. The van der Waals surface area contributed by atoms with E-state index in [9.17, 15) is 9.90 Å². The van der Waals surface area contributed by atoms with Gasteiger partial charge in [0.2, 0.25) is 0 Å². The van der Waals surface area contributed by atoms with Gasteiger partial charge in [-0.2, -0.15) is 0 Å². The molecule has 2 fully saturated rings. The number of ether oxygens (including phenoxy) is 2. The van der Waals surface area contributed by atoms with Crippen molar-refractivity contribution in [2.75, 3.05) is 26.3 Å². The van der Waals surface area contributed by atoms with Crippen LogP contribution in [0.2, 0.25) is 5.02 Å². The standard InChI is InChI=1S/C16H20ClNO4/c17-12-2-1-3-13(10-12)22-14-4-7-18(11-14)16(15(19)20)5-8-21-9-6-16/h1-3,10,14H,4-9,11H2,(H,19,20)/t14-/m1/s1. The Kier molecular flexibility index (Phi) is 4.57. The molecular weight excluding hydrogens is 306 g/mol. The molecule has 1 aromatic rings. The van der Waals surface area contributed by atoms with Crippen LogP contribution in [-0.2, 0) is 9.53 Å². The van der Waals surface area contributed by atoms with Gasteiger partial charge in [0.1, 0.15) is 17.4 Å². The molecule has 0 aromatic heterocycles. The average molecular weight is 326 g/mol. The largest absolute Gasteiger partial charge is 0.489 e. The molecule has 1 atom stereocenters. The van der Waals surface area contributed by atoms with Crippen LogP contribution < -0.4 is 4.74 Å². The number of halogens is 1. The summed E-state index contributed by atoms with van der Waals surface area (Å²) >= 11 is 5.96. The van der Waals surface area contributed by atoms with E-state index in [1.165, 1.54) is 0 Å². The van der Waals surface area contributed by atoms with Gasteiger partial charge in [-0.3, -0.25) is 9.69 Å². The fourth-order valence-electron chi connectivity index (χ4n) is 3.32. The van der Waals surface area contributed by atoms with Gasteiger partial charge in [-0.1, -0.05) is 17.7 Å². The van der Waals surface area contributed by atoms with E-state index in [0.717, 1.165) is 18.7 Å². The van der Waals surface area contributed by atoms with Crippen molar-refractivity contribution in [3.63, 3.8) is 0 Å². The number of benzene rings is 1. The van der Waals surface area contributed by atoms with Crippen molar-refractivity contribution in [3.8, 4) is 5.75 Å². The first-order chi connectivity index (χ1) is 10.6. The zero-order valence-electron chi connectivity index (χ0n) is 12.3. The number of carboxylic acid groups (broad SMARTS) is 1. The molecule has 0 bridgehead atoms. The van der Waals surface area contributed by atoms with Crippen LogP contribution >= 0.6 is 11.6 Å². The molecule has 120 valence electrons. The summed E-state index contributed by atoms with van der Waals surface area (Å²) in [6.07, 6.45) is 1.89.